The Morgan fingerprint density at radius 2 is 1.63 bits per heavy atom. The van der Waals surface area contributed by atoms with Crippen LogP contribution in [0.4, 0.5) is 34.5 Å². The summed E-state index contributed by atoms with van der Waals surface area (Å²) in [6.45, 7) is 9.33. The summed E-state index contributed by atoms with van der Waals surface area (Å²) in [7, 11) is 0.850. The maximum Gasteiger partial charge on any atom is 0.270 e. The van der Waals surface area contributed by atoms with Crippen LogP contribution in [0, 0.1) is 5.41 Å². The largest absolute Gasteiger partial charge is 0.494 e. The molecule has 73 heavy (non-hydrogen) atoms. The molecule has 7 heterocycles. The fourth-order valence-corrected chi connectivity index (χ4v) is 12.3. The minimum Gasteiger partial charge on any atom is -0.494 e. The van der Waals surface area contributed by atoms with Crippen LogP contribution in [0.2, 0.25) is 5.02 Å². The van der Waals surface area contributed by atoms with Crippen LogP contribution in [-0.4, -0.2) is 119 Å². The molecule has 3 aromatic heterocycles. The van der Waals surface area contributed by atoms with E-state index in [4.69, 9.17) is 21.3 Å². The third kappa shape index (κ3) is 11.1. The van der Waals surface area contributed by atoms with Crippen molar-refractivity contribution in [3.63, 3.8) is 0 Å². The Bertz CT molecular complexity index is 3060. The van der Waals surface area contributed by atoms with Crippen LogP contribution in [0.3, 0.4) is 0 Å². The summed E-state index contributed by atoms with van der Waals surface area (Å²) in [5, 5.41) is 17.3. The number of likely N-dealkylation sites (tertiary alicyclic amines) is 1. The smallest absolute Gasteiger partial charge is 0.270 e. The minimum atomic E-state index is -2.74. The number of aryl methyl sites for hydroxylation is 1. The highest BCUT2D eigenvalue weighted by molar-refractivity contribution is 7.70. The topological polar surface area (TPSA) is 192 Å². The zero-order valence-electron chi connectivity index (χ0n) is 41.7. The van der Waals surface area contributed by atoms with Gasteiger partial charge in [-0.3, -0.25) is 24.4 Å². The summed E-state index contributed by atoms with van der Waals surface area (Å²) < 4.78 is 21.5. The molecule has 0 bridgehead atoms. The van der Waals surface area contributed by atoms with Gasteiger partial charge in [-0.1, -0.05) is 48.0 Å². The molecule has 1 atom stereocenters. The number of amides is 3. The highest BCUT2D eigenvalue weighted by atomic mass is 35.5. The standard InChI is InChI=1S/C54H62ClN12O5P/c1-64-33-37(30-58-64)40-28-45(61-53-57-32-41(55)50(63-53)59-42-13-11-36(27-48(42)73(3,4)71)35-9-6-5-7-10-35)47(72-2)29-46(40)66-23-17-38(18-24-66)65-25-20-54(21-26-65)19-8-22-67(34-54)39-12-14-43(56-31-39)51(69)60-44-15-16-49(68)62-52(44)70/h5-7,9-14,27-33,38,44H,8,15-26,34H2,1-4H3,(H,60,69)(H,62,68,70)(H2,57,59,61,63). The van der Waals surface area contributed by atoms with E-state index >= 15 is 0 Å². The molecule has 4 aliphatic rings. The quantitative estimate of drug-likeness (QED) is 0.0639. The van der Waals surface area contributed by atoms with E-state index in [-0.39, 0.29) is 29.9 Å². The Morgan fingerprint density at radius 3 is 2.33 bits per heavy atom. The molecule has 0 radical (unpaired) electrons. The van der Waals surface area contributed by atoms with E-state index in [1.807, 2.05) is 78.7 Å². The van der Waals surface area contributed by atoms with E-state index < -0.39 is 25.0 Å². The van der Waals surface area contributed by atoms with Gasteiger partial charge in [0.2, 0.25) is 17.8 Å². The number of ether oxygens (including phenoxy) is 1. The Kier molecular flexibility index (Phi) is 14.3. The van der Waals surface area contributed by atoms with Crippen molar-refractivity contribution in [1.29, 1.82) is 0 Å². The van der Waals surface area contributed by atoms with Crippen molar-refractivity contribution in [3.05, 3.63) is 108 Å². The molecule has 380 valence electrons. The number of imide groups is 1. The van der Waals surface area contributed by atoms with E-state index in [0.717, 1.165) is 105 Å². The second-order valence-electron chi connectivity index (χ2n) is 20.2. The van der Waals surface area contributed by atoms with Gasteiger partial charge in [-0.05, 0) is 118 Å². The molecule has 19 heteroatoms. The van der Waals surface area contributed by atoms with Crippen LogP contribution in [0.5, 0.6) is 5.75 Å². The van der Waals surface area contributed by atoms with Gasteiger partial charge in [0.05, 0.1) is 42.8 Å². The lowest BCUT2D eigenvalue weighted by Gasteiger charge is -2.50. The van der Waals surface area contributed by atoms with E-state index in [1.165, 1.54) is 6.42 Å². The number of methoxy groups -OCH3 is 1. The zero-order valence-corrected chi connectivity index (χ0v) is 43.4. The lowest BCUT2D eigenvalue weighted by molar-refractivity contribution is -0.134. The molecule has 4 aliphatic heterocycles. The van der Waals surface area contributed by atoms with Gasteiger partial charge in [-0.25, -0.2) is 9.97 Å². The van der Waals surface area contributed by atoms with Gasteiger partial charge in [0, 0.05) is 80.1 Å². The number of hydrogen-bond acceptors (Lipinski definition) is 14. The predicted octanol–water partition coefficient (Wildman–Crippen LogP) is 8.22. The maximum absolute atomic E-state index is 13.7. The number of halogens is 1. The Hall–Kier alpha value is -6.81. The predicted molar refractivity (Wildman–Crippen MR) is 288 cm³/mol. The van der Waals surface area contributed by atoms with Crippen LogP contribution in [0.1, 0.15) is 61.9 Å². The minimum absolute atomic E-state index is 0.196. The summed E-state index contributed by atoms with van der Waals surface area (Å²) in [6.07, 6.45) is 14.4. The molecule has 4 saturated heterocycles. The van der Waals surface area contributed by atoms with E-state index in [0.29, 0.717) is 45.3 Å². The van der Waals surface area contributed by atoms with E-state index in [1.54, 1.807) is 38.9 Å². The molecule has 10 rings (SSSR count). The monoisotopic (exact) mass is 1020 g/mol. The molecule has 0 aliphatic carbocycles. The summed E-state index contributed by atoms with van der Waals surface area (Å²) in [6, 6.07) is 23.5. The van der Waals surface area contributed by atoms with Crippen LogP contribution in [0.15, 0.2) is 97.6 Å². The fourth-order valence-electron chi connectivity index (χ4n) is 11.0. The number of rotatable bonds is 13. The number of piperidine rings is 4. The normalized spacial score (nSPS) is 18.6. The average molecular weight is 1030 g/mol. The van der Waals surface area contributed by atoms with Crippen molar-refractivity contribution in [2.45, 2.75) is 63.5 Å². The van der Waals surface area contributed by atoms with Crippen molar-refractivity contribution in [2.24, 2.45) is 12.5 Å². The summed E-state index contributed by atoms with van der Waals surface area (Å²) >= 11 is 6.72. The SMILES string of the molecule is COc1cc(N2CCC(N3CCC4(CCCN(c5ccc(C(=O)NC6CCC(=O)NC6=O)nc5)C4)CC3)CC2)c(-c2cnn(C)c2)cc1Nc1ncc(Cl)c(Nc2ccc(-c3ccccc3)cc2P(C)(C)=O)n1. The lowest BCUT2D eigenvalue weighted by Crippen LogP contribution is -2.53. The molecule has 1 spiro atoms. The van der Waals surface area contributed by atoms with Crippen molar-refractivity contribution in [3.8, 4) is 28.0 Å². The van der Waals surface area contributed by atoms with Crippen LogP contribution in [-0.2, 0) is 21.2 Å². The third-order valence-corrected chi connectivity index (χ3v) is 16.8. The van der Waals surface area contributed by atoms with Gasteiger partial charge in [0.25, 0.3) is 5.91 Å². The first-order valence-electron chi connectivity index (χ1n) is 25.1. The number of carbonyl (C=O) groups is 3. The van der Waals surface area contributed by atoms with Gasteiger partial charge < -0.3 is 40.0 Å². The molecule has 1 unspecified atom stereocenters. The van der Waals surface area contributed by atoms with Gasteiger partial charge >= 0.3 is 0 Å². The maximum atomic E-state index is 13.7. The number of anilines is 6. The number of benzene rings is 3. The molecule has 3 amide bonds. The summed E-state index contributed by atoms with van der Waals surface area (Å²) in [5.74, 6) is 0.0903. The van der Waals surface area contributed by atoms with Gasteiger partial charge in [0.1, 0.15) is 29.6 Å². The van der Waals surface area contributed by atoms with Crippen molar-refractivity contribution in [1.82, 2.24) is 40.3 Å². The van der Waals surface area contributed by atoms with Crippen molar-refractivity contribution in [2.75, 3.05) is 80.1 Å². The number of nitrogens with one attached hydrogen (secondary N) is 4. The molecule has 17 nitrogen and oxygen atoms in total. The first kappa shape index (κ1) is 49.8. The molecule has 4 fully saturated rings. The molecular formula is C54H62ClN12O5P. The molecule has 6 aromatic rings. The van der Waals surface area contributed by atoms with Crippen LogP contribution < -0.4 is 41.1 Å². The second-order valence-corrected chi connectivity index (χ2v) is 23.8. The molecule has 4 N–H and O–H groups in total. The number of pyridine rings is 1. The van der Waals surface area contributed by atoms with Crippen LogP contribution >= 0.6 is 18.7 Å². The highest BCUT2D eigenvalue weighted by Crippen LogP contribution is 2.45. The number of aromatic nitrogens is 5. The number of nitrogens with zero attached hydrogens (tertiary/aromatic N) is 8. The Morgan fingerprint density at radius 1 is 0.836 bits per heavy atom. The first-order chi connectivity index (χ1) is 35.2. The third-order valence-electron chi connectivity index (χ3n) is 15.0. The molecule has 3 aromatic carbocycles. The van der Waals surface area contributed by atoms with E-state index in [9.17, 15) is 18.9 Å². The average Bonchev–Trinajstić information content (AvgIpc) is 3.84. The Balaban J connectivity index is 0.789. The van der Waals surface area contributed by atoms with E-state index in [2.05, 4.69) is 63.2 Å². The summed E-state index contributed by atoms with van der Waals surface area (Å²) in [5.41, 5.74) is 7.87. The first-order valence-corrected chi connectivity index (χ1v) is 28.1. The second kappa shape index (κ2) is 21.0. The highest BCUT2D eigenvalue weighted by Gasteiger charge is 2.41. The number of hydrogen-bond donors (Lipinski definition) is 4. The number of carbonyl (C=O) groups excluding carboxylic acids is 3. The lowest BCUT2D eigenvalue weighted by atomic mass is 9.72. The van der Waals surface area contributed by atoms with Gasteiger partial charge in [-0.2, -0.15) is 10.1 Å². The van der Waals surface area contributed by atoms with Crippen molar-refractivity contribution >= 4 is 76.3 Å². The van der Waals surface area contributed by atoms with Crippen molar-refractivity contribution < 1.29 is 23.7 Å². The van der Waals surface area contributed by atoms with Crippen LogP contribution in [0.25, 0.3) is 22.3 Å². The Labute approximate surface area is 430 Å². The molecular weight excluding hydrogens is 963 g/mol. The molecule has 0 saturated carbocycles. The fraction of sp³-hybridized carbons (Fsp3) is 0.389. The summed E-state index contributed by atoms with van der Waals surface area (Å²) in [4.78, 5) is 58.1. The zero-order chi connectivity index (χ0) is 50.9. The van der Waals surface area contributed by atoms with Gasteiger partial charge in [-0.15, -0.1) is 0 Å². The van der Waals surface area contributed by atoms with Gasteiger partial charge in [0.15, 0.2) is 5.82 Å².